The van der Waals surface area contributed by atoms with E-state index in [2.05, 4.69) is 20.6 Å². The Morgan fingerprint density at radius 1 is 1.14 bits per heavy atom. The molecule has 0 fully saturated rings. The number of rotatable bonds is 7. The third kappa shape index (κ3) is 5.30. The lowest BCUT2D eigenvalue weighted by atomic mass is 10.1. The fraction of sp³-hybridized carbons (Fsp3) is 0.192. The number of nitrogens with zero attached hydrogens (tertiary/aromatic N) is 3. The molecule has 2 N–H and O–H groups in total. The number of carbonyl (C=O) groups is 1. The van der Waals surface area contributed by atoms with Crippen LogP contribution in [-0.4, -0.2) is 50.9 Å². The van der Waals surface area contributed by atoms with Crippen LogP contribution in [0.3, 0.4) is 0 Å². The molecule has 0 radical (unpaired) electrons. The predicted octanol–water partition coefficient (Wildman–Crippen LogP) is 5.16. The summed E-state index contributed by atoms with van der Waals surface area (Å²) in [5, 5.41) is 6.36. The first-order valence-corrected chi connectivity index (χ1v) is 13.2. The molecule has 0 saturated heterocycles. The molecule has 1 aliphatic heterocycles. The van der Waals surface area contributed by atoms with Crippen molar-refractivity contribution in [3.63, 3.8) is 0 Å². The third-order valence-corrected chi connectivity index (χ3v) is 7.71. The summed E-state index contributed by atoms with van der Waals surface area (Å²) in [6.07, 6.45) is 0. The average molecular weight is 540 g/mol. The van der Waals surface area contributed by atoms with Crippen molar-refractivity contribution in [2.75, 3.05) is 31.3 Å². The first kappa shape index (κ1) is 26.2. The zero-order valence-corrected chi connectivity index (χ0v) is 22.3. The SMILES string of the molecule is CCNc1ccc(/N=C(\C(=O)Nc2cc(Cl)ccc2OC)C2=Nc3ccccc3S(=O)(=O)N2C)c(C)c1. The van der Waals surface area contributed by atoms with Crippen LogP contribution in [0.4, 0.5) is 22.7 Å². The molecule has 0 bridgehead atoms. The highest BCUT2D eigenvalue weighted by molar-refractivity contribution is 7.90. The van der Waals surface area contributed by atoms with Gasteiger partial charge in [-0.05, 0) is 67.9 Å². The molecule has 3 aromatic rings. The van der Waals surface area contributed by atoms with E-state index in [9.17, 15) is 13.2 Å². The largest absolute Gasteiger partial charge is 0.495 e. The molecule has 37 heavy (non-hydrogen) atoms. The van der Waals surface area contributed by atoms with Crippen molar-refractivity contribution in [1.82, 2.24) is 4.31 Å². The molecule has 4 rings (SSSR count). The molecule has 1 heterocycles. The molecule has 0 atom stereocenters. The molecule has 192 valence electrons. The number of ether oxygens (including phenoxy) is 1. The topological polar surface area (TPSA) is 112 Å². The van der Waals surface area contributed by atoms with Crippen LogP contribution in [-0.2, 0) is 14.8 Å². The van der Waals surface area contributed by atoms with Crippen LogP contribution < -0.4 is 15.4 Å². The van der Waals surface area contributed by atoms with Gasteiger partial charge in [0.15, 0.2) is 11.5 Å². The number of hydrogen-bond donors (Lipinski definition) is 2. The van der Waals surface area contributed by atoms with E-state index in [-0.39, 0.29) is 22.1 Å². The number of halogens is 1. The molecule has 11 heteroatoms. The number of benzene rings is 3. The fourth-order valence-corrected chi connectivity index (χ4v) is 5.24. The molecule has 0 unspecified atom stereocenters. The summed E-state index contributed by atoms with van der Waals surface area (Å²) in [7, 11) is -1.17. The Morgan fingerprint density at radius 2 is 1.89 bits per heavy atom. The van der Waals surface area contributed by atoms with Crippen molar-refractivity contribution in [1.29, 1.82) is 0 Å². The van der Waals surface area contributed by atoms with Gasteiger partial charge in [-0.1, -0.05) is 23.7 Å². The minimum absolute atomic E-state index is 0.0451. The van der Waals surface area contributed by atoms with Crippen molar-refractivity contribution < 1.29 is 17.9 Å². The van der Waals surface area contributed by atoms with E-state index < -0.39 is 15.9 Å². The van der Waals surface area contributed by atoms with E-state index in [4.69, 9.17) is 16.3 Å². The summed E-state index contributed by atoms with van der Waals surface area (Å²) >= 11 is 6.14. The van der Waals surface area contributed by atoms with Gasteiger partial charge in [-0.25, -0.2) is 18.4 Å². The van der Waals surface area contributed by atoms with E-state index in [0.717, 1.165) is 22.1 Å². The Balaban J connectivity index is 1.88. The molecule has 1 amide bonds. The monoisotopic (exact) mass is 539 g/mol. The minimum atomic E-state index is -3.97. The van der Waals surface area contributed by atoms with Crippen LogP contribution in [0, 0.1) is 6.92 Å². The second-order valence-corrected chi connectivity index (χ2v) is 10.5. The summed E-state index contributed by atoms with van der Waals surface area (Å²) in [5.41, 5.74) is 2.49. The van der Waals surface area contributed by atoms with Gasteiger partial charge in [-0.2, -0.15) is 0 Å². The van der Waals surface area contributed by atoms with E-state index in [0.29, 0.717) is 22.1 Å². The molecule has 9 nitrogen and oxygen atoms in total. The number of aliphatic imine (C=N–C) groups is 2. The van der Waals surface area contributed by atoms with Gasteiger partial charge >= 0.3 is 0 Å². The number of amides is 1. The standard InChI is InChI=1S/C26H26ClN5O4S/c1-5-28-18-11-12-19(16(2)14-18)29-24(26(33)31-21-15-17(27)10-13-22(21)36-4)25-30-20-8-6-7-9-23(20)37(34,35)32(25)3/h6-15,28H,5H2,1-4H3,(H,31,33)/b29-24-. The maximum Gasteiger partial charge on any atom is 0.278 e. The third-order valence-electron chi connectivity index (χ3n) is 5.67. The molecule has 0 spiro atoms. The van der Waals surface area contributed by atoms with Crippen LogP contribution in [0.5, 0.6) is 5.75 Å². The van der Waals surface area contributed by atoms with Crippen molar-refractivity contribution >= 4 is 61.8 Å². The first-order valence-electron chi connectivity index (χ1n) is 11.4. The lowest BCUT2D eigenvalue weighted by molar-refractivity contribution is -0.110. The van der Waals surface area contributed by atoms with E-state index in [1.54, 1.807) is 36.4 Å². The summed E-state index contributed by atoms with van der Waals surface area (Å²) in [6, 6.07) is 16.6. The Bertz CT molecular complexity index is 1540. The molecule has 0 aromatic heterocycles. The highest BCUT2D eigenvalue weighted by atomic mass is 35.5. The fourth-order valence-electron chi connectivity index (χ4n) is 3.79. The van der Waals surface area contributed by atoms with Gasteiger partial charge in [-0.15, -0.1) is 0 Å². The van der Waals surface area contributed by atoms with Gasteiger partial charge in [0.05, 0.1) is 24.2 Å². The zero-order valence-electron chi connectivity index (χ0n) is 20.7. The number of para-hydroxylation sites is 1. The van der Waals surface area contributed by atoms with Crippen molar-refractivity contribution in [3.8, 4) is 5.75 Å². The maximum atomic E-state index is 13.7. The highest BCUT2D eigenvalue weighted by Gasteiger charge is 2.36. The molecule has 1 aliphatic rings. The lowest BCUT2D eigenvalue weighted by Crippen LogP contribution is -2.44. The van der Waals surface area contributed by atoms with Gasteiger partial charge in [0, 0.05) is 24.3 Å². The van der Waals surface area contributed by atoms with Gasteiger partial charge in [0.1, 0.15) is 10.6 Å². The summed E-state index contributed by atoms with van der Waals surface area (Å²) < 4.78 is 32.9. The second kappa shape index (κ2) is 10.6. The molecular formula is C26H26ClN5O4S. The molecule has 0 aliphatic carbocycles. The molecule has 3 aromatic carbocycles. The zero-order chi connectivity index (χ0) is 26.7. The van der Waals surface area contributed by atoms with Gasteiger partial charge < -0.3 is 15.4 Å². The first-order chi connectivity index (χ1) is 17.6. The van der Waals surface area contributed by atoms with Crippen LogP contribution in [0.15, 0.2) is 75.5 Å². The van der Waals surface area contributed by atoms with Crippen LogP contribution in [0.2, 0.25) is 5.02 Å². The number of sulfonamides is 1. The smallest absolute Gasteiger partial charge is 0.278 e. The Kier molecular flexibility index (Phi) is 7.51. The Labute approximate surface area is 220 Å². The lowest BCUT2D eigenvalue weighted by Gasteiger charge is -2.27. The number of aryl methyl sites for hydroxylation is 1. The normalized spacial score (nSPS) is 14.5. The van der Waals surface area contributed by atoms with E-state index >= 15 is 0 Å². The Hall–Kier alpha value is -3.89. The van der Waals surface area contributed by atoms with Crippen molar-refractivity contribution in [2.45, 2.75) is 18.7 Å². The average Bonchev–Trinajstić information content (AvgIpc) is 2.86. The molecular weight excluding hydrogens is 514 g/mol. The molecule has 0 saturated carbocycles. The van der Waals surface area contributed by atoms with Crippen molar-refractivity contribution in [3.05, 3.63) is 71.2 Å². The number of amidine groups is 1. The number of fused-ring (bicyclic) bond motifs is 1. The van der Waals surface area contributed by atoms with Crippen molar-refractivity contribution in [2.24, 2.45) is 9.98 Å². The van der Waals surface area contributed by atoms with Gasteiger partial charge in [-0.3, -0.25) is 9.10 Å². The number of carbonyl (C=O) groups excluding carboxylic acids is 1. The number of hydrogen-bond acceptors (Lipinski definition) is 7. The predicted molar refractivity (Wildman–Crippen MR) is 148 cm³/mol. The summed E-state index contributed by atoms with van der Waals surface area (Å²) in [4.78, 5) is 22.9. The Morgan fingerprint density at radius 3 is 2.59 bits per heavy atom. The van der Waals surface area contributed by atoms with Crippen LogP contribution in [0.1, 0.15) is 12.5 Å². The van der Waals surface area contributed by atoms with E-state index in [1.807, 2.05) is 26.0 Å². The highest BCUT2D eigenvalue weighted by Crippen LogP contribution is 2.33. The summed E-state index contributed by atoms with van der Waals surface area (Å²) in [5.74, 6) is -0.427. The summed E-state index contributed by atoms with van der Waals surface area (Å²) in [6.45, 7) is 4.59. The maximum absolute atomic E-state index is 13.7. The van der Waals surface area contributed by atoms with Crippen LogP contribution in [0.25, 0.3) is 0 Å². The van der Waals surface area contributed by atoms with Crippen LogP contribution >= 0.6 is 11.6 Å². The second-order valence-electron chi connectivity index (χ2n) is 8.17. The number of methoxy groups -OCH3 is 1. The van der Waals surface area contributed by atoms with Gasteiger partial charge in [0.2, 0.25) is 0 Å². The number of nitrogens with one attached hydrogen (secondary N) is 2. The van der Waals surface area contributed by atoms with Gasteiger partial charge in [0.25, 0.3) is 15.9 Å². The van der Waals surface area contributed by atoms with E-state index in [1.165, 1.54) is 26.3 Å². The number of anilines is 2. The minimum Gasteiger partial charge on any atom is -0.495 e. The quantitative estimate of drug-likeness (QED) is 0.402.